The summed E-state index contributed by atoms with van der Waals surface area (Å²) in [6, 6.07) is 18.7. The zero-order valence-electron chi connectivity index (χ0n) is 18.9. The van der Waals surface area contributed by atoms with Crippen LogP contribution in [0.3, 0.4) is 0 Å². The van der Waals surface area contributed by atoms with Crippen molar-refractivity contribution in [2.45, 2.75) is 13.5 Å². The number of carbonyl (C=O) groups is 2. The fourth-order valence-corrected chi connectivity index (χ4v) is 3.85. The van der Waals surface area contributed by atoms with Gasteiger partial charge in [0.15, 0.2) is 5.76 Å². The predicted octanol–water partition coefficient (Wildman–Crippen LogP) is 3.72. The molecular weight excluding hydrogens is 448 g/mol. The van der Waals surface area contributed by atoms with Gasteiger partial charge >= 0.3 is 0 Å². The van der Waals surface area contributed by atoms with Crippen LogP contribution in [0.1, 0.15) is 21.7 Å². The number of hydrogen-bond acceptors (Lipinski definition) is 7. The molecule has 9 nitrogen and oxygen atoms in total. The smallest absolute Gasteiger partial charge is 0.278 e. The van der Waals surface area contributed by atoms with Crippen LogP contribution in [-0.4, -0.2) is 33.8 Å². The number of rotatable bonds is 6. The molecule has 0 fully saturated rings. The van der Waals surface area contributed by atoms with E-state index in [1.807, 2.05) is 0 Å². The predicted molar refractivity (Wildman–Crippen MR) is 130 cm³/mol. The Labute approximate surface area is 198 Å². The first-order chi connectivity index (χ1) is 16.9. The van der Waals surface area contributed by atoms with Crippen molar-refractivity contribution in [2.24, 2.45) is 0 Å². The minimum Gasteiger partial charge on any atom is -0.497 e. The summed E-state index contributed by atoms with van der Waals surface area (Å²) in [7, 11) is 1.56. The number of hydrogen-bond donors (Lipinski definition) is 1. The Kier molecular flexibility index (Phi) is 5.58. The minimum absolute atomic E-state index is 0.228. The Morgan fingerprint density at radius 1 is 1.03 bits per heavy atom. The zero-order chi connectivity index (χ0) is 24.5. The Bertz CT molecular complexity index is 1650. The third-order valence-electron chi connectivity index (χ3n) is 5.70. The normalized spacial score (nSPS) is 11.0. The number of benzene rings is 3. The molecular formula is C26H20N4O5. The fraction of sp³-hybridized carbons (Fsp3) is 0.115. The summed E-state index contributed by atoms with van der Waals surface area (Å²) in [5.74, 6) is 0.194. The van der Waals surface area contributed by atoms with Crippen molar-refractivity contribution in [3.05, 3.63) is 94.0 Å². The molecule has 0 unspecified atom stereocenters. The molecule has 174 valence electrons. The summed E-state index contributed by atoms with van der Waals surface area (Å²) in [4.78, 5) is 38.2. The largest absolute Gasteiger partial charge is 0.497 e. The number of aromatic nitrogens is 3. The van der Waals surface area contributed by atoms with Crippen LogP contribution >= 0.6 is 0 Å². The maximum Gasteiger partial charge on any atom is 0.278 e. The van der Waals surface area contributed by atoms with Gasteiger partial charge in [0.1, 0.15) is 23.4 Å². The van der Waals surface area contributed by atoms with E-state index in [9.17, 15) is 14.4 Å². The second kappa shape index (κ2) is 8.86. The molecule has 0 aliphatic rings. The molecule has 0 aliphatic heterocycles. The van der Waals surface area contributed by atoms with Gasteiger partial charge in [-0.15, -0.1) is 5.10 Å². The lowest BCUT2D eigenvalue weighted by atomic mass is 10.0. The van der Waals surface area contributed by atoms with E-state index in [1.54, 1.807) is 80.8 Å². The second-order valence-electron chi connectivity index (χ2n) is 7.94. The van der Waals surface area contributed by atoms with Crippen LogP contribution in [0.25, 0.3) is 21.9 Å². The first-order valence-corrected chi connectivity index (χ1v) is 10.8. The van der Waals surface area contributed by atoms with Gasteiger partial charge in [0.05, 0.1) is 12.5 Å². The lowest BCUT2D eigenvalue weighted by molar-refractivity contribution is -0.117. The highest BCUT2D eigenvalue weighted by Gasteiger charge is 2.20. The molecule has 0 radical (unpaired) electrons. The van der Waals surface area contributed by atoms with E-state index in [2.05, 4.69) is 15.6 Å². The van der Waals surface area contributed by atoms with Gasteiger partial charge in [-0.1, -0.05) is 17.3 Å². The topological polar surface area (TPSA) is 116 Å². The quantitative estimate of drug-likeness (QED) is 0.378. The van der Waals surface area contributed by atoms with Crippen molar-refractivity contribution in [1.82, 2.24) is 15.0 Å². The van der Waals surface area contributed by atoms with Gasteiger partial charge in [-0.05, 0) is 61.5 Å². The summed E-state index contributed by atoms with van der Waals surface area (Å²) < 4.78 is 12.0. The first-order valence-electron chi connectivity index (χ1n) is 10.8. The summed E-state index contributed by atoms with van der Waals surface area (Å²) in [5.41, 5.74) is 2.23. The lowest BCUT2D eigenvalue weighted by Crippen LogP contribution is -2.30. The van der Waals surface area contributed by atoms with Crippen LogP contribution in [0, 0.1) is 6.92 Å². The number of carbonyl (C=O) groups excluding carboxylic acids is 2. The number of ketones is 1. The molecule has 5 aromatic rings. The number of amides is 1. The van der Waals surface area contributed by atoms with E-state index in [4.69, 9.17) is 9.15 Å². The second-order valence-corrected chi connectivity index (χ2v) is 7.94. The van der Waals surface area contributed by atoms with Crippen LogP contribution in [0.5, 0.6) is 5.75 Å². The number of furan rings is 1. The number of methoxy groups -OCH3 is 1. The van der Waals surface area contributed by atoms with E-state index in [-0.39, 0.29) is 18.1 Å². The van der Waals surface area contributed by atoms with E-state index in [1.165, 1.54) is 0 Å². The lowest BCUT2D eigenvalue weighted by Gasteiger charge is -2.07. The van der Waals surface area contributed by atoms with Crippen LogP contribution in [0.15, 0.2) is 75.9 Å². The van der Waals surface area contributed by atoms with Gasteiger partial charge < -0.3 is 14.5 Å². The monoisotopic (exact) mass is 468 g/mol. The maximum atomic E-state index is 13.0. The van der Waals surface area contributed by atoms with Crippen molar-refractivity contribution in [1.29, 1.82) is 0 Å². The first kappa shape index (κ1) is 22.0. The van der Waals surface area contributed by atoms with Crippen molar-refractivity contribution in [3.8, 4) is 5.75 Å². The van der Waals surface area contributed by atoms with Crippen LogP contribution in [-0.2, 0) is 11.3 Å². The summed E-state index contributed by atoms with van der Waals surface area (Å²) in [6.07, 6.45) is 0. The molecule has 5 rings (SSSR count). The van der Waals surface area contributed by atoms with Crippen molar-refractivity contribution in [3.63, 3.8) is 0 Å². The molecule has 0 saturated carbocycles. The van der Waals surface area contributed by atoms with Crippen molar-refractivity contribution < 1.29 is 18.7 Å². The molecule has 0 aliphatic carbocycles. The van der Waals surface area contributed by atoms with Crippen LogP contribution in [0.4, 0.5) is 5.69 Å². The van der Waals surface area contributed by atoms with E-state index < -0.39 is 11.5 Å². The molecule has 1 amide bonds. The number of anilines is 1. The zero-order valence-corrected chi connectivity index (χ0v) is 18.9. The Hall–Kier alpha value is -4.79. The van der Waals surface area contributed by atoms with Gasteiger partial charge in [0, 0.05) is 22.2 Å². The van der Waals surface area contributed by atoms with Gasteiger partial charge in [-0.25, -0.2) is 4.68 Å². The highest BCUT2D eigenvalue weighted by atomic mass is 16.5. The molecule has 9 heteroatoms. The number of fused-ring (bicyclic) bond motifs is 2. The van der Waals surface area contributed by atoms with Crippen LogP contribution < -0.4 is 15.6 Å². The minimum atomic E-state index is -0.438. The molecule has 35 heavy (non-hydrogen) atoms. The molecule has 2 heterocycles. The number of ether oxygens (including phenoxy) is 1. The van der Waals surface area contributed by atoms with Crippen LogP contribution in [0.2, 0.25) is 0 Å². The molecule has 0 saturated heterocycles. The molecule has 2 aromatic heterocycles. The summed E-state index contributed by atoms with van der Waals surface area (Å²) >= 11 is 0. The average Bonchev–Trinajstić information content (AvgIpc) is 3.21. The molecule has 0 spiro atoms. The fourth-order valence-electron chi connectivity index (χ4n) is 3.85. The maximum absolute atomic E-state index is 13.0. The third kappa shape index (κ3) is 4.15. The summed E-state index contributed by atoms with van der Waals surface area (Å²) in [6.45, 7) is 1.50. The van der Waals surface area contributed by atoms with Gasteiger partial charge in [-0.3, -0.25) is 14.4 Å². The van der Waals surface area contributed by atoms with Crippen molar-refractivity contribution in [2.75, 3.05) is 12.4 Å². The average molecular weight is 468 g/mol. The molecule has 1 N–H and O–H groups in total. The summed E-state index contributed by atoms with van der Waals surface area (Å²) in [5, 5.41) is 11.7. The highest BCUT2D eigenvalue weighted by molar-refractivity contribution is 6.11. The SMILES string of the molecule is COc1ccc(C(=O)c2oc3ccc(NC(=O)Cn4nnc5ccccc5c4=O)cc3c2C)cc1. The van der Waals surface area contributed by atoms with Gasteiger partial charge in [0.25, 0.3) is 5.56 Å². The number of nitrogens with one attached hydrogen (secondary N) is 1. The Balaban J connectivity index is 1.37. The third-order valence-corrected chi connectivity index (χ3v) is 5.70. The number of nitrogens with zero attached hydrogens (tertiary/aromatic N) is 3. The highest BCUT2D eigenvalue weighted by Crippen LogP contribution is 2.30. The standard InChI is InChI=1S/C26H20N4O5/c1-15-20-13-17(27-23(31)14-30-26(33)19-5-3-4-6-21(19)28-29-30)9-12-22(20)35-25(15)24(32)16-7-10-18(34-2)11-8-16/h3-13H,14H2,1-2H3,(H,27,31). The Morgan fingerprint density at radius 2 is 1.80 bits per heavy atom. The van der Waals surface area contributed by atoms with Gasteiger partial charge in [-0.2, -0.15) is 0 Å². The van der Waals surface area contributed by atoms with Gasteiger partial charge in [0.2, 0.25) is 11.7 Å². The Morgan fingerprint density at radius 3 is 2.57 bits per heavy atom. The molecule has 0 atom stereocenters. The van der Waals surface area contributed by atoms with E-state index in [0.29, 0.717) is 44.4 Å². The van der Waals surface area contributed by atoms with E-state index >= 15 is 0 Å². The molecule has 3 aromatic carbocycles. The van der Waals surface area contributed by atoms with Crippen molar-refractivity contribution >= 4 is 39.2 Å². The van der Waals surface area contributed by atoms with E-state index in [0.717, 1.165) is 4.68 Å². The number of aryl methyl sites for hydroxylation is 1. The molecule has 0 bridgehead atoms.